The molecule has 1 amide bonds. The molecule has 20 heavy (non-hydrogen) atoms. The molecule has 1 saturated carbocycles. The van der Waals surface area contributed by atoms with Crippen LogP contribution in [-0.4, -0.2) is 29.2 Å². The molecule has 0 heterocycles. The zero-order valence-electron chi connectivity index (χ0n) is 11.5. The Morgan fingerprint density at radius 2 is 1.85 bits per heavy atom. The van der Waals surface area contributed by atoms with Crippen LogP contribution in [0, 0.1) is 17.8 Å². The number of alkyl halides is 3. The van der Waals surface area contributed by atoms with Gasteiger partial charge in [0.2, 0.25) is 5.91 Å². The highest BCUT2D eigenvalue weighted by Gasteiger charge is 2.44. The van der Waals surface area contributed by atoms with E-state index >= 15 is 0 Å². The van der Waals surface area contributed by atoms with Crippen molar-refractivity contribution < 1.29 is 27.9 Å². The Morgan fingerprint density at radius 3 is 2.30 bits per heavy atom. The van der Waals surface area contributed by atoms with E-state index in [0.29, 0.717) is 12.8 Å². The molecule has 1 rings (SSSR count). The van der Waals surface area contributed by atoms with Gasteiger partial charge < -0.3 is 10.4 Å². The Morgan fingerprint density at radius 1 is 1.25 bits per heavy atom. The second kappa shape index (κ2) is 6.45. The zero-order valence-corrected chi connectivity index (χ0v) is 11.5. The number of carboxylic acids is 1. The average molecular weight is 295 g/mol. The number of carbonyl (C=O) groups excluding carboxylic acids is 1. The molecular formula is C13H20F3NO3. The number of aliphatic carboxylic acids is 1. The molecule has 0 aliphatic heterocycles. The van der Waals surface area contributed by atoms with Gasteiger partial charge >= 0.3 is 12.1 Å². The number of amides is 1. The van der Waals surface area contributed by atoms with Crippen molar-refractivity contribution in [2.24, 2.45) is 17.8 Å². The highest BCUT2D eigenvalue weighted by Crippen LogP contribution is 2.39. The third-order valence-electron chi connectivity index (χ3n) is 3.74. The molecule has 2 unspecified atom stereocenters. The number of hydrogen-bond donors (Lipinski definition) is 2. The van der Waals surface area contributed by atoms with E-state index in [4.69, 9.17) is 5.11 Å². The maximum absolute atomic E-state index is 12.7. The van der Waals surface area contributed by atoms with Gasteiger partial charge in [0.05, 0.1) is 5.92 Å². The van der Waals surface area contributed by atoms with E-state index in [1.807, 2.05) is 0 Å². The third kappa shape index (κ3) is 4.38. The Hall–Kier alpha value is -1.27. The second-order valence-corrected chi connectivity index (χ2v) is 5.67. The summed E-state index contributed by atoms with van der Waals surface area (Å²) in [6, 6.07) is -1.06. The summed E-state index contributed by atoms with van der Waals surface area (Å²) in [5, 5.41) is 11.3. The van der Waals surface area contributed by atoms with Crippen LogP contribution in [0.1, 0.15) is 39.5 Å². The van der Waals surface area contributed by atoms with Crippen molar-refractivity contribution in [3.05, 3.63) is 0 Å². The highest BCUT2D eigenvalue weighted by molar-refractivity contribution is 5.85. The molecule has 4 nitrogen and oxygen atoms in total. The minimum absolute atomic E-state index is 0.0415. The highest BCUT2D eigenvalue weighted by atomic mass is 19.4. The maximum atomic E-state index is 12.7. The molecular weight excluding hydrogens is 275 g/mol. The summed E-state index contributed by atoms with van der Waals surface area (Å²) in [5.74, 6) is -4.29. The number of carbonyl (C=O) groups is 2. The fraction of sp³-hybridized carbons (Fsp3) is 0.846. The third-order valence-corrected chi connectivity index (χ3v) is 3.74. The van der Waals surface area contributed by atoms with Gasteiger partial charge in [-0.1, -0.05) is 20.3 Å². The van der Waals surface area contributed by atoms with E-state index < -0.39 is 35.9 Å². The van der Waals surface area contributed by atoms with E-state index in [1.54, 1.807) is 13.8 Å². The standard InChI is InChI=1S/C13H20F3NO3/c1-7(2)10(12(19)20)17-11(18)8-4-3-5-9(6-8)13(14,15)16/h7-10H,3-6H2,1-2H3,(H,17,18)(H,19,20)/t8?,9?,10-/m1/s1. The second-order valence-electron chi connectivity index (χ2n) is 5.67. The van der Waals surface area contributed by atoms with Crippen molar-refractivity contribution in [3.8, 4) is 0 Å². The van der Waals surface area contributed by atoms with Gasteiger partial charge in [-0.15, -0.1) is 0 Å². The average Bonchev–Trinajstić information content (AvgIpc) is 2.34. The van der Waals surface area contributed by atoms with Crippen molar-refractivity contribution in [1.82, 2.24) is 5.32 Å². The van der Waals surface area contributed by atoms with Crippen LogP contribution in [0.25, 0.3) is 0 Å². The monoisotopic (exact) mass is 295 g/mol. The number of rotatable bonds is 4. The van der Waals surface area contributed by atoms with E-state index in [-0.39, 0.29) is 18.8 Å². The fourth-order valence-electron chi connectivity index (χ4n) is 2.51. The minimum Gasteiger partial charge on any atom is -0.480 e. The predicted octanol–water partition coefficient (Wildman–Crippen LogP) is 2.58. The Kier molecular flexibility index (Phi) is 5.42. The van der Waals surface area contributed by atoms with Gasteiger partial charge in [-0.25, -0.2) is 4.79 Å². The first kappa shape index (κ1) is 16.8. The first-order chi connectivity index (χ1) is 9.12. The molecule has 1 aliphatic carbocycles. The van der Waals surface area contributed by atoms with Gasteiger partial charge in [-0.05, 0) is 25.2 Å². The molecule has 3 atom stereocenters. The summed E-state index contributed by atoms with van der Waals surface area (Å²) >= 11 is 0. The lowest BCUT2D eigenvalue weighted by atomic mass is 9.80. The lowest BCUT2D eigenvalue weighted by Crippen LogP contribution is -2.47. The molecule has 0 bridgehead atoms. The van der Waals surface area contributed by atoms with Crippen LogP contribution < -0.4 is 5.32 Å². The van der Waals surface area contributed by atoms with Crippen molar-refractivity contribution in [2.75, 3.05) is 0 Å². The van der Waals surface area contributed by atoms with E-state index in [0.717, 1.165) is 0 Å². The van der Waals surface area contributed by atoms with Gasteiger partial charge in [-0.2, -0.15) is 13.2 Å². The van der Waals surface area contributed by atoms with Crippen LogP contribution in [-0.2, 0) is 9.59 Å². The van der Waals surface area contributed by atoms with Gasteiger partial charge in [-0.3, -0.25) is 4.79 Å². The van der Waals surface area contributed by atoms with Gasteiger partial charge in [0.1, 0.15) is 6.04 Å². The minimum atomic E-state index is -4.29. The van der Waals surface area contributed by atoms with E-state index in [1.165, 1.54) is 0 Å². The van der Waals surface area contributed by atoms with Crippen LogP contribution in [0.4, 0.5) is 13.2 Å². The number of halogens is 3. The largest absolute Gasteiger partial charge is 0.480 e. The van der Waals surface area contributed by atoms with Crippen LogP contribution >= 0.6 is 0 Å². The van der Waals surface area contributed by atoms with Crippen LogP contribution in [0.2, 0.25) is 0 Å². The first-order valence-electron chi connectivity index (χ1n) is 6.72. The van der Waals surface area contributed by atoms with Crippen molar-refractivity contribution >= 4 is 11.9 Å². The molecule has 1 fully saturated rings. The van der Waals surface area contributed by atoms with Gasteiger partial charge in [0.25, 0.3) is 0 Å². The smallest absolute Gasteiger partial charge is 0.391 e. The summed E-state index contributed by atoms with van der Waals surface area (Å²) in [6.45, 7) is 3.27. The maximum Gasteiger partial charge on any atom is 0.391 e. The topological polar surface area (TPSA) is 66.4 Å². The molecule has 116 valence electrons. The molecule has 0 aromatic heterocycles. The summed E-state index contributed by atoms with van der Waals surface area (Å²) < 4.78 is 38.0. The molecule has 0 aromatic rings. The van der Waals surface area contributed by atoms with Crippen molar-refractivity contribution in [2.45, 2.75) is 51.7 Å². The Labute approximate surface area is 115 Å². The van der Waals surface area contributed by atoms with E-state index in [2.05, 4.69) is 5.32 Å². The molecule has 0 aromatic carbocycles. The Bertz CT molecular complexity index is 368. The van der Waals surface area contributed by atoms with E-state index in [9.17, 15) is 22.8 Å². The van der Waals surface area contributed by atoms with Crippen LogP contribution in [0.3, 0.4) is 0 Å². The van der Waals surface area contributed by atoms with Crippen LogP contribution in [0.5, 0.6) is 0 Å². The SMILES string of the molecule is CC(C)[C@@H](NC(=O)C1CCCC(C(F)(F)F)C1)C(=O)O. The first-order valence-corrected chi connectivity index (χ1v) is 6.72. The number of nitrogens with one attached hydrogen (secondary N) is 1. The van der Waals surface area contributed by atoms with Crippen molar-refractivity contribution in [3.63, 3.8) is 0 Å². The summed E-state index contributed by atoms with van der Waals surface area (Å²) in [5.41, 5.74) is 0. The predicted molar refractivity (Wildman–Crippen MR) is 65.9 cm³/mol. The lowest BCUT2D eigenvalue weighted by Gasteiger charge is -2.30. The molecule has 7 heteroatoms. The number of carboxylic acid groups (broad SMARTS) is 1. The molecule has 2 N–H and O–H groups in total. The normalized spacial score (nSPS) is 25.3. The molecule has 0 spiro atoms. The van der Waals surface area contributed by atoms with Gasteiger partial charge in [0.15, 0.2) is 0 Å². The Balaban J connectivity index is 2.65. The molecule has 1 aliphatic rings. The molecule has 0 radical (unpaired) electrons. The molecule has 0 saturated heterocycles. The van der Waals surface area contributed by atoms with Crippen molar-refractivity contribution in [1.29, 1.82) is 0 Å². The summed E-state index contributed by atoms with van der Waals surface area (Å²) in [6.07, 6.45) is -3.78. The zero-order chi connectivity index (χ0) is 15.5. The summed E-state index contributed by atoms with van der Waals surface area (Å²) in [4.78, 5) is 22.9. The summed E-state index contributed by atoms with van der Waals surface area (Å²) in [7, 11) is 0. The fourth-order valence-corrected chi connectivity index (χ4v) is 2.51. The van der Waals surface area contributed by atoms with Gasteiger partial charge in [0, 0.05) is 5.92 Å². The quantitative estimate of drug-likeness (QED) is 0.837. The number of hydrogen-bond acceptors (Lipinski definition) is 2. The van der Waals surface area contributed by atoms with Crippen LogP contribution in [0.15, 0.2) is 0 Å². The lowest BCUT2D eigenvalue weighted by molar-refractivity contribution is -0.186.